The van der Waals surface area contributed by atoms with Crippen molar-refractivity contribution >= 4 is 11.7 Å². The van der Waals surface area contributed by atoms with Crippen LogP contribution in [0.25, 0.3) is 0 Å². The summed E-state index contributed by atoms with van der Waals surface area (Å²) in [4.78, 5) is 11.3. The predicted molar refractivity (Wildman–Crippen MR) is 64.7 cm³/mol. The van der Waals surface area contributed by atoms with Gasteiger partial charge in [-0.3, -0.25) is 0 Å². The topological polar surface area (TPSA) is 64.3 Å². The second kappa shape index (κ2) is 6.12. The van der Waals surface area contributed by atoms with Gasteiger partial charge in [-0.1, -0.05) is 6.07 Å². The SMILES string of the molecule is COC(=O)c1ccc(C)c(NCCCN)c1. The third-order valence-electron chi connectivity index (χ3n) is 2.36. The zero-order valence-corrected chi connectivity index (χ0v) is 9.75. The lowest BCUT2D eigenvalue weighted by atomic mass is 10.1. The Hall–Kier alpha value is -1.55. The number of carbonyl (C=O) groups is 1. The highest BCUT2D eigenvalue weighted by molar-refractivity contribution is 5.90. The zero-order chi connectivity index (χ0) is 12.0. The van der Waals surface area contributed by atoms with Gasteiger partial charge >= 0.3 is 5.97 Å². The lowest BCUT2D eigenvalue weighted by molar-refractivity contribution is 0.0601. The Kier molecular flexibility index (Phi) is 4.79. The molecular weight excluding hydrogens is 204 g/mol. The standard InChI is InChI=1S/C12H18N2O2/c1-9-4-5-10(12(15)16-2)8-11(9)14-7-3-6-13/h4-5,8,14H,3,6-7,13H2,1-2H3. The number of methoxy groups -OCH3 is 1. The molecule has 1 rings (SSSR count). The maximum Gasteiger partial charge on any atom is 0.337 e. The van der Waals surface area contributed by atoms with E-state index < -0.39 is 0 Å². The van der Waals surface area contributed by atoms with Gasteiger partial charge in [-0.15, -0.1) is 0 Å². The van der Waals surface area contributed by atoms with Gasteiger partial charge in [-0.05, 0) is 37.6 Å². The van der Waals surface area contributed by atoms with E-state index in [-0.39, 0.29) is 5.97 Å². The first-order valence-corrected chi connectivity index (χ1v) is 5.32. The molecule has 0 heterocycles. The van der Waals surface area contributed by atoms with Crippen LogP contribution in [-0.4, -0.2) is 26.2 Å². The molecule has 0 atom stereocenters. The molecule has 0 fully saturated rings. The average molecular weight is 222 g/mol. The van der Waals surface area contributed by atoms with Crippen LogP contribution in [0, 0.1) is 6.92 Å². The van der Waals surface area contributed by atoms with Crippen LogP contribution in [0.5, 0.6) is 0 Å². The van der Waals surface area contributed by atoms with Gasteiger partial charge in [-0.2, -0.15) is 0 Å². The quantitative estimate of drug-likeness (QED) is 0.586. The summed E-state index contributed by atoms with van der Waals surface area (Å²) in [5.41, 5.74) is 8.03. The molecular formula is C12H18N2O2. The number of nitrogens with one attached hydrogen (secondary N) is 1. The van der Waals surface area contributed by atoms with E-state index in [2.05, 4.69) is 10.1 Å². The van der Waals surface area contributed by atoms with Crippen LogP contribution in [0.15, 0.2) is 18.2 Å². The minimum absolute atomic E-state index is 0.318. The minimum atomic E-state index is -0.318. The van der Waals surface area contributed by atoms with Crippen LogP contribution < -0.4 is 11.1 Å². The summed E-state index contributed by atoms with van der Waals surface area (Å²) < 4.78 is 4.67. The first kappa shape index (κ1) is 12.5. The van der Waals surface area contributed by atoms with Crippen molar-refractivity contribution < 1.29 is 9.53 Å². The van der Waals surface area contributed by atoms with E-state index in [4.69, 9.17) is 5.73 Å². The van der Waals surface area contributed by atoms with Gasteiger partial charge in [0.1, 0.15) is 0 Å². The molecule has 0 aliphatic carbocycles. The minimum Gasteiger partial charge on any atom is -0.465 e. The number of ether oxygens (including phenoxy) is 1. The molecule has 0 spiro atoms. The van der Waals surface area contributed by atoms with Gasteiger partial charge in [0.15, 0.2) is 0 Å². The number of esters is 1. The van der Waals surface area contributed by atoms with Gasteiger partial charge in [0, 0.05) is 12.2 Å². The van der Waals surface area contributed by atoms with Crippen molar-refractivity contribution in [2.45, 2.75) is 13.3 Å². The fourth-order valence-electron chi connectivity index (χ4n) is 1.38. The summed E-state index contributed by atoms with van der Waals surface area (Å²) in [7, 11) is 1.38. The van der Waals surface area contributed by atoms with Crippen LogP contribution in [0.4, 0.5) is 5.69 Å². The van der Waals surface area contributed by atoms with Crippen molar-refractivity contribution in [3.63, 3.8) is 0 Å². The molecule has 1 aromatic rings. The van der Waals surface area contributed by atoms with Gasteiger partial charge in [0.25, 0.3) is 0 Å². The first-order chi connectivity index (χ1) is 7.69. The van der Waals surface area contributed by atoms with Crippen LogP contribution in [0.2, 0.25) is 0 Å². The summed E-state index contributed by atoms with van der Waals surface area (Å²) in [6, 6.07) is 5.46. The Balaban J connectivity index is 2.78. The molecule has 0 saturated carbocycles. The van der Waals surface area contributed by atoms with Crippen LogP contribution in [0.3, 0.4) is 0 Å². The number of aryl methyl sites for hydroxylation is 1. The molecule has 0 saturated heterocycles. The van der Waals surface area contributed by atoms with Crippen molar-refractivity contribution in [2.75, 3.05) is 25.5 Å². The molecule has 0 radical (unpaired) electrons. The summed E-state index contributed by atoms with van der Waals surface area (Å²) in [6.07, 6.45) is 0.905. The summed E-state index contributed by atoms with van der Waals surface area (Å²) in [5, 5.41) is 3.25. The van der Waals surface area contributed by atoms with E-state index in [0.29, 0.717) is 12.1 Å². The molecule has 0 aliphatic rings. The van der Waals surface area contributed by atoms with Gasteiger partial charge in [-0.25, -0.2) is 4.79 Å². The molecule has 4 nitrogen and oxygen atoms in total. The van der Waals surface area contributed by atoms with Crippen molar-refractivity contribution in [3.05, 3.63) is 29.3 Å². The second-order valence-corrected chi connectivity index (χ2v) is 3.59. The van der Waals surface area contributed by atoms with Crippen molar-refractivity contribution in [3.8, 4) is 0 Å². The smallest absolute Gasteiger partial charge is 0.337 e. The number of rotatable bonds is 5. The van der Waals surface area contributed by atoms with Crippen LogP contribution >= 0.6 is 0 Å². The molecule has 88 valence electrons. The van der Waals surface area contributed by atoms with Gasteiger partial charge < -0.3 is 15.8 Å². The van der Waals surface area contributed by atoms with E-state index >= 15 is 0 Å². The summed E-state index contributed by atoms with van der Waals surface area (Å²) >= 11 is 0. The Labute approximate surface area is 95.8 Å². The highest BCUT2D eigenvalue weighted by Crippen LogP contribution is 2.17. The monoisotopic (exact) mass is 222 g/mol. The number of anilines is 1. The van der Waals surface area contributed by atoms with E-state index in [1.807, 2.05) is 13.0 Å². The summed E-state index contributed by atoms with van der Waals surface area (Å²) in [6.45, 7) is 3.45. The average Bonchev–Trinajstić information content (AvgIpc) is 2.31. The third kappa shape index (κ3) is 3.24. The number of nitrogens with two attached hydrogens (primary N) is 1. The zero-order valence-electron chi connectivity index (χ0n) is 9.75. The maximum atomic E-state index is 11.3. The molecule has 0 bridgehead atoms. The first-order valence-electron chi connectivity index (χ1n) is 5.32. The van der Waals surface area contributed by atoms with Crippen molar-refractivity contribution in [1.29, 1.82) is 0 Å². The number of hydrogen-bond acceptors (Lipinski definition) is 4. The summed E-state index contributed by atoms with van der Waals surface area (Å²) in [5.74, 6) is -0.318. The fraction of sp³-hybridized carbons (Fsp3) is 0.417. The normalized spacial score (nSPS) is 9.94. The second-order valence-electron chi connectivity index (χ2n) is 3.59. The molecule has 16 heavy (non-hydrogen) atoms. The largest absolute Gasteiger partial charge is 0.465 e. The lowest BCUT2D eigenvalue weighted by Gasteiger charge is -2.10. The highest BCUT2D eigenvalue weighted by atomic mass is 16.5. The van der Waals surface area contributed by atoms with Gasteiger partial charge in [0.2, 0.25) is 0 Å². The van der Waals surface area contributed by atoms with Crippen LogP contribution in [0.1, 0.15) is 22.3 Å². The van der Waals surface area contributed by atoms with E-state index in [9.17, 15) is 4.79 Å². The van der Waals surface area contributed by atoms with Crippen molar-refractivity contribution in [1.82, 2.24) is 0 Å². The van der Waals surface area contributed by atoms with E-state index in [0.717, 1.165) is 24.2 Å². The number of carbonyl (C=O) groups excluding carboxylic acids is 1. The fourth-order valence-corrected chi connectivity index (χ4v) is 1.38. The third-order valence-corrected chi connectivity index (χ3v) is 2.36. The van der Waals surface area contributed by atoms with Crippen molar-refractivity contribution in [2.24, 2.45) is 5.73 Å². The van der Waals surface area contributed by atoms with E-state index in [1.54, 1.807) is 12.1 Å². The van der Waals surface area contributed by atoms with Crippen LogP contribution in [-0.2, 0) is 4.74 Å². The molecule has 0 amide bonds. The Morgan fingerprint density at radius 3 is 2.88 bits per heavy atom. The molecule has 4 heteroatoms. The van der Waals surface area contributed by atoms with Gasteiger partial charge in [0.05, 0.1) is 12.7 Å². The molecule has 0 unspecified atom stereocenters. The molecule has 0 aromatic heterocycles. The Morgan fingerprint density at radius 2 is 2.25 bits per heavy atom. The van der Waals surface area contributed by atoms with E-state index in [1.165, 1.54) is 7.11 Å². The highest BCUT2D eigenvalue weighted by Gasteiger charge is 2.07. The number of hydrogen-bond donors (Lipinski definition) is 2. The maximum absolute atomic E-state index is 11.3. The molecule has 0 aliphatic heterocycles. The molecule has 3 N–H and O–H groups in total. The Bertz CT molecular complexity index is 364. The molecule has 1 aromatic carbocycles. The number of benzene rings is 1. The lowest BCUT2D eigenvalue weighted by Crippen LogP contribution is -2.10. The predicted octanol–water partition coefficient (Wildman–Crippen LogP) is 1.54. The Morgan fingerprint density at radius 1 is 1.50 bits per heavy atom.